The Hall–Kier alpha value is -1.30. The minimum Gasteiger partial charge on any atom is -0.0839 e. The van der Waals surface area contributed by atoms with Gasteiger partial charge in [-0.3, -0.25) is 0 Å². The molecule has 1 aromatic rings. The van der Waals surface area contributed by atoms with E-state index < -0.39 is 0 Å². The van der Waals surface area contributed by atoms with Crippen molar-refractivity contribution in [3.05, 3.63) is 58.7 Å². The second-order valence-corrected chi connectivity index (χ2v) is 4.19. The summed E-state index contributed by atoms with van der Waals surface area (Å²) >= 11 is 0. The van der Waals surface area contributed by atoms with Crippen LogP contribution >= 0.6 is 0 Å². The lowest BCUT2D eigenvalue weighted by molar-refractivity contribution is 0.844. The van der Waals surface area contributed by atoms with Gasteiger partial charge in [0.15, 0.2) is 0 Å². The van der Waals surface area contributed by atoms with Crippen LogP contribution in [0, 0.1) is 0 Å². The summed E-state index contributed by atoms with van der Waals surface area (Å²) in [4.78, 5) is 0. The van der Waals surface area contributed by atoms with E-state index in [0.29, 0.717) is 0 Å². The first-order chi connectivity index (χ1) is 6.93. The molecule has 0 saturated carbocycles. The van der Waals surface area contributed by atoms with Gasteiger partial charge >= 0.3 is 0 Å². The van der Waals surface area contributed by atoms with Gasteiger partial charge in [0.1, 0.15) is 0 Å². The minimum atomic E-state index is 1.15. The van der Waals surface area contributed by atoms with Crippen LogP contribution in [0.1, 0.15) is 24.0 Å². The fraction of sp³-hybridized carbons (Fsp3) is 0.286. The molecule has 0 aromatic heterocycles. The average Bonchev–Trinajstić information content (AvgIpc) is 2.26. The largest absolute Gasteiger partial charge is 0.0839 e. The third-order valence-corrected chi connectivity index (χ3v) is 3.29. The van der Waals surface area contributed by atoms with E-state index in [4.69, 9.17) is 0 Å². The Kier molecular flexibility index (Phi) is 1.80. The fourth-order valence-corrected chi connectivity index (χ4v) is 2.48. The van der Waals surface area contributed by atoms with Crippen LogP contribution < -0.4 is 0 Å². The van der Waals surface area contributed by atoms with Gasteiger partial charge in [-0.25, -0.2) is 0 Å². The smallest absolute Gasteiger partial charge is 0.00234 e. The molecule has 0 nitrogen and oxygen atoms in total. The molecule has 0 heteroatoms. The number of fused-ring (bicyclic) bond motifs is 1. The van der Waals surface area contributed by atoms with Crippen molar-refractivity contribution in [1.29, 1.82) is 0 Å². The van der Waals surface area contributed by atoms with Crippen LogP contribution in [0.4, 0.5) is 0 Å². The minimum absolute atomic E-state index is 1.15. The molecule has 14 heavy (non-hydrogen) atoms. The summed E-state index contributed by atoms with van der Waals surface area (Å²) in [5.74, 6) is 0. The van der Waals surface area contributed by atoms with E-state index in [1.54, 1.807) is 16.7 Å². The quantitative estimate of drug-likeness (QED) is 0.576. The highest BCUT2D eigenvalue weighted by molar-refractivity contribution is 5.45. The molecule has 0 saturated heterocycles. The van der Waals surface area contributed by atoms with Crippen LogP contribution in [0.15, 0.2) is 47.6 Å². The van der Waals surface area contributed by atoms with Crippen molar-refractivity contribution in [2.45, 2.75) is 25.7 Å². The van der Waals surface area contributed by atoms with Crippen molar-refractivity contribution in [2.75, 3.05) is 0 Å². The number of rotatable bonds is 0. The molecule has 0 amide bonds. The number of allylic oxidation sites excluding steroid dienone is 4. The van der Waals surface area contributed by atoms with Crippen molar-refractivity contribution >= 4 is 0 Å². The Bertz CT molecular complexity index is 421. The highest BCUT2D eigenvalue weighted by Crippen LogP contribution is 2.31. The maximum atomic E-state index is 2.33. The van der Waals surface area contributed by atoms with Crippen LogP contribution in [0.25, 0.3) is 0 Å². The third kappa shape index (κ3) is 1.22. The van der Waals surface area contributed by atoms with Crippen molar-refractivity contribution < 1.29 is 0 Å². The lowest BCUT2D eigenvalue weighted by Gasteiger charge is -2.23. The van der Waals surface area contributed by atoms with Gasteiger partial charge in [-0.2, -0.15) is 0 Å². The first-order valence-corrected chi connectivity index (χ1v) is 5.38. The van der Waals surface area contributed by atoms with E-state index in [2.05, 4.69) is 36.4 Å². The SMILES string of the molecule is C1=CC2=C(CC1)Cc1ccccc1C2. The van der Waals surface area contributed by atoms with Gasteiger partial charge < -0.3 is 0 Å². The Morgan fingerprint density at radius 1 is 0.929 bits per heavy atom. The van der Waals surface area contributed by atoms with Gasteiger partial charge in [-0.1, -0.05) is 42.0 Å². The molecule has 2 aliphatic rings. The standard InChI is InChI=1S/C14H14/c1-2-6-12-10-14-8-4-3-7-13(14)9-11(12)5-1/h1-3,5-7H,4,8-10H2. The third-order valence-electron chi connectivity index (χ3n) is 3.29. The number of hydrogen-bond acceptors (Lipinski definition) is 0. The number of benzene rings is 1. The first-order valence-electron chi connectivity index (χ1n) is 5.38. The van der Waals surface area contributed by atoms with Crippen molar-refractivity contribution in [1.82, 2.24) is 0 Å². The van der Waals surface area contributed by atoms with Crippen LogP contribution in [-0.2, 0) is 12.8 Å². The molecule has 0 radical (unpaired) electrons. The monoisotopic (exact) mass is 182 g/mol. The summed E-state index contributed by atoms with van der Waals surface area (Å²) < 4.78 is 0. The molecule has 0 unspecified atom stereocenters. The van der Waals surface area contributed by atoms with Crippen molar-refractivity contribution in [2.24, 2.45) is 0 Å². The Morgan fingerprint density at radius 2 is 1.71 bits per heavy atom. The van der Waals surface area contributed by atoms with Crippen molar-refractivity contribution in [3.63, 3.8) is 0 Å². The zero-order valence-corrected chi connectivity index (χ0v) is 8.29. The number of hydrogen-bond donors (Lipinski definition) is 0. The Balaban J connectivity index is 2.03. The molecule has 1 aromatic carbocycles. The first kappa shape index (κ1) is 8.05. The molecule has 3 rings (SSSR count). The second kappa shape index (κ2) is 3.13. The van der Waals surface area contributed by atoms with E-state index in [1.165, 1.54) is 24.8 Å². The normalized spacial score (nSPS) is 19.1. The van der Waals surface area contributed by atoms with Gasteiger partial charge in [0.05, 0.1) is 0 Å². The molecule has 0 bridgehead atoms. The van der Waals surface area contributed by atoms with Crippen molar-refractivity contribution in [3.8, 4) is 0 Å². The zero-order chi connectivity index (χ0) is 9.38. The topological polar surface area (TPSA) is 0 Å². The van der Waals surface area contributed by atoms with Gasteiger partial charge in [-0.05, 0) is 42.4 Å². The Morgan fingerprint density at radius 3 is 2.57 bits per heavy atom. The van der Waals surface area contributed by atoms with Gasteiger partial charge in [0.2, 0.25) is 0 Å². The van der Waals surface area contributed by atoms with E-state index >= 15 is 0 Å². The molecular formula is C14H14. The maximum Gasteiger partial charge on any atom is -0.00234 e. The van der Waals surface area contributed by atoms with E-state index in [9.17, 15) is 0 Å². The molecule has 0 atom stereocenters. The molecule has 70 valence electrons. The lowest BCUT2D eigenvalue weighted by atomic mass is 9.82. The summed E-state index contributed by atoms with van der Waals surface area (Å²) in [7, 11) is 0. The van der Waals surface area contributed by atoms with Gasteiger partial charge in [0, 0.05) is 0 Å². The van der Waals surface area contributed by atoms with E-state index in [-0.39, 0.29) is 0 Å². The zero-order valence-electron chi connectivity index (χ0n) is 8.29. The molecule has 2 aliphatic carbocycles. The summed E-state index contributed by atoms with van der Waals surface area (Å²) in [6.07, 6.45) is 9.50. The Labute approximate surface area is 85.0 Å². The van der Waals surface area contributed by atoms with Gasteiger partial charge in [-0.15, -0.1) is 0 Å². The maximum absolute atomic E-state index is 2.33. The van der Waals surface area contributed by atoms with Gasteiger partial charge in [0.25, 0.3) is 0 Å². The highest BCUT2D eigenvalue weighted by Gasteiger charge is 2.16. The van der Waals surface area contributed by atoms with Crippen LogP contribution in [0.5, 0.6) is 0 Å². The summed E-state index contributed by atoms with van der Waals surface area (Å²) in [5, 5.41) is 0. The van der Waals surface area contributed by atoms with Crippen LogP contribution in [0.2, 0.25) is 0 Å². The second-order valence-electron chi connectivity index (χ2n) is 4.19. The predicted molar refractivity (Wildman–Crippen MR) is 59.3 cm³/mol. The molecular weight excluding hydrogens is 168 g/mol. The summed E-state index contributed by atoms with van der Waals surface area (Å²) in [5.41, 5.74) is 6.32. The molecule has 0 fully saturated rings. The average molecular weight is 182 g/mol. The summed E-state index contributed by atoms with van der Waals surface area (Å²) in [6.45, 7) is 0. The van der Waals surface area contributed by atoms with Crippen LogP contribution in [-0.4, -0.2) is 0 Å². The molecule has 0 N–H and O–H groups in total. The molecule has 0 aliphatic heterocycles. The highest BCUT2D eigenvalue weighted by atomic mass is 14.2. The predicted octanol–water partition coefficient (Wildman–Crippen LogP) is 3.43. The lowest BCUT2D eigenvalue weighted by Crippen LogP contribution is -2.09. The molecule has 0 heterocycles. The summed E-state index contributed by atoms with van der Waals surface area (Å²) in [6, 6.07) is 8.85. The molecule has 0 spiro atoms. The van der Waals surface area contributed by atoms with Crippen LogP contribution in [0.3, 0.4) is 0 Å². The van der Waals surface area contributed by atoms with E-state index in [1.807, 2.05) is 0 Å². The van der Waals surface area contributed by atoms with E-state index in [0.717, 1.165) is 6.42 Å². The fourth-order valence-electron chi connectivity index (χ4n) is 2.48.